The van der Waals surface area contributed by atoms with Crippen LogP contribution in [0.4, 0.5) is 0 Å². The van der Waals surface area contributed by atoms with Gasteiger partial charge in [-0.05, 0) is 36.3 Å². The summed E-state index contributed by atoms with van der Waals surface area (Å²) in [6, 6.07) is 2.13. The molecule has 4 heteroatoms. The van der Waals surface area contributed by atoms with E-state index in [2.05, 4.69) is 23.7 Å². The zero-order valence-electron chi connectivity index (χ0n) is 11.0. The van der Waals surface area contributed by atoms with Crippen molar-refractivity contribution in [3.63, 3.8) is 0 Å². The Labute approximate surface area is 113 Å². The molecular formula is C14H22N2OS. The van der Waals surface area contributed by atoms with Gasteiger partial charge in [0, 0.05) is 4.88 Å². The zero-order chi connectivity index (χ0) is 13.0. The largest absolute Gasteiger partial charge is 0.350 e. The van der Waals surface area contributed by atoms with Crippen molar-refractivity contribution in [3.8, 4) is 0 Å². The minimum absolute atomic E-state index is 0.0256. The topological polar surface area (TPSA) is 55.1 Å². The molecule has 1 aromatic heterocycles. The number of aryl methyl sites for hydroxylation is 1. The van der Waals surface area contributed by atoms with Crippen LogP contribution in [0.5, 0.6) is 0 Å². The number of nitrogens with two attached hydrogens (primary N) is 1. The first-order chi connectivity index (χ1) is 8.65. The summed E-state index contributed by atoms with van der Waals surface area (Å²) in [4.78, 5) is 13.4. The van der Waals surface area contributed by atoms with Crippen molar-refractivity contribution in [2.75, 3.05) is 0 Å². The summed E-state index contributed by atoms with van der Waals surface area (Å²) in [7, 11) is 0. The third-order valence-corrected chi connectivity index (χ3v) is 4.79. The van der Waals surface area contributed by atoms with E-state index in [1.807, 2.05) is 0 Å². The SMILES string of the molecule is CCc1ccsc1CNC(=O)C1(N)CCCCC1. The monoisotopic (exact) mass is 266 g/mol. The Kier molecular flexibility index (Phi) is 4.40. The fourth-order valence-corrected chi connectivity index (χ4v) is 3.50. The number of carbonyl (C=O) groups excluding carboxylic acids is 1. The molecule has 18 heavy (non-hydrogen) atoms. The molecule has 1 saturated carbocycles. The van der Waals surface area contributed by atoms with E-state index in [0.29, 0.717) is 6.54 Å². The zero-order valence-corrected chi connectivity index (χ0v) is 11.8. The molecule has 1 heterocycles. The van der Waals surface area contributed by atoms with Gasteiger partial charge >= 0.3 is 0 Å². The normalized spacial score (nSPS) is 18.6. The first-order valence-corrected chi connectivity index (χ1v) is 7.66. The first-order valence-electron chi connectivity index (χ1n) is 6.78. The molecule has 0 spiro atoms. The van der Waals surface area contributed by atoms with Gasteiger partial charge in [-0.2, -0.15) is 0 Å². The number of hydrogen-bond donors (Lipinski definition) is 2. The predicted molar refractivity (Wildman–Crippen MR) is 75.5 cm³/mol. The summed E-state index contributed by atoms with van der Waals surface area (Å²) in [5, 5.41) is 5.10. The van der Waals surface area contributed by atoms with Crippen LogP contribution >= 0.6 is 11.3 Å². The third-order valence-electron chi connectivity index (χ3n) is 3.83. The standard InChI is InChI=1S/C14H22N2OS/c1-2-11-6-9-18-12(11)10-16-13(17)14(15)7-4-3-5-8-14/h6,9H,2-5,7-8,10,15H2,1H3,(H,16,17). The number of amides is 1. The Balaban J connectivity index is 1.91. The lowest BCUT2D eigenvalue weighted by Crippen LogP contribution is -2.54. The van der Waals surface area contributed by atoms with Gasteiger partial charge in [0.15, 0.2) is 0 Å². The van der Waals surface area contributed by atoms with Crippen LogP contribution in [0.25, 0.3) is 0 Å². The van der Waals surface area contributed by atoms with E-state index in [1.54, 1.807) is 11.3 Å². The number of thiophene rings is 1. The Hall–Kier alpha value is -0.870. The van der Waals surface area contributed by atoms with Crippen LogP contribution in [-0.4, -0.2) is 11.4 Å². The lowest BCUT2D eigenvalue weighted by molar-refractivity contribution is -0.127. The van der Waals surface area contributed by atoms with Crippen LogP contribution in [0.2, 0.25) is 0 Å². The predicted octanol–water partition coefficient (Wildman–Crippen LogP) is 2.59. The molecule has 3 N–H and O–H groups in total. The smallest absolute Gasteiger partial charge is 0.240 e. The molecule has 100 valence electrons. The summed E-state index contributed by atoms with van der Waals surface area (Å²) in [6.07, 6.45) is 6.01. The molecule has 1 aromatic rings. The molecule has 0 bridgehead atoms. The lowest BCUT2D eigenvalue weighted by atomic mass is 9.82. The minimum Gasteiger partial charge on any atom is -0.350 e. The van der Waals surface area contributed by atoms with E-state index in [1.165, 1.54) is 16.9 Å². The Morgan fingerprint density at radius 1 is 1.44 bits per heavy atom. The summed E-state index contributed by atoms with van der Waals surface area (Å²) in [5.74, 6) is 0.0256. The quantitative estimate of drug-likeness (QED) is 0.880. The minimum atomic E-state index is -0.623. The van der Waals surface area contributed by atoms with Crippen LogP contribution in [0.1, 0.15) is 49.5 Å². The molecule has 1 amide bonds. The van der Waals surface area contributed by atoms with Crippen LogP contribution in [-0.2, 0) is 17.8 Å². The van der Waals surface area contributed by atoms with Crippen molar-refractivity contribution in [1.82, 2.24) is 5.32 Å². The highest BCUT2D eigenvalue weighted by molar-refractivity contribution is 7.10. The number of carbonyl (C=O) groups is 1. The second kappa shape index (κ2) is 5.85. The fourth-order valence-electron chi connectivity index (χ4n) is 2.58. The maximum Gasteiger partial charge on any atom is 0.240 e. The fraction of sp³-hybridized carbons (Fsp3) is 0.643. The van der Waals surface area contributed by atoms with E-state index in [4.69, 9.17) is 5.73 Å². The molecule has 3 nitrogen and oxygen atoms in total. The lowest BCUT2D eigenvalue weighted by Gasteiger charge is -2.31. The molecular weight excluding hydrogens is 244 g/mol. The summed E-state index contributed by atoms with van der Waals surface area (Å²) >= 11 is 1.71. The van der Waals surface area contributed by atoms with Crippen molar-refractivity contribution in [1.29, 1.82) is 0 Å². The van der Waals surface area contributed by atoms with Crippen LogP contribution in [0.15, 0.2) is 11.4 Å². The molecule has 0 unspecified atom stereocenters. The van der Waals surface area contributed by atoms with E-state index in [0.717, 1.165) is 32.1 Å². The highest BCUT2D eigenvalue weighted by Crippen LogP contribution is 2.26. The molecule has 1 aliphatic carbocycles. The molecule has 0 aromatic carbocycles. The van der Waals surface area contributed by atoms with Crippen molar-refractivity contribution >= 4 is 17.2 Å². The highest BCUT2D eigenvalue weighted by atomic mass is 32.1. The van der Waals surface area contributed by atoms with Gasteiger partial charge in [-0.3, -0.25) is 4.79 Å². The van der Waals surface area contributed by atoms with E-state index in [9.17, 15) is 4.79 Å². The van der Waals surface area contributed by atoms with Crippen molar-refractivity contribution < 1.29 is 4.79 Å². The summed E-state index contributed by atoms with van der Waals surface area (Å²) in [5.41, 5.74) is 6.91. The van der Waals surface area contributed by atoms with Gasteiger partial charge in [-0.1, -0.05) is 26.2 Å². The van der Waals surface area contributed by atoms with Crippen LogP contribution in [0.3, 0.4) is 0 Å². The van der Waals surface area contributed by atoms with Gasteiger partial charge < -0.3 is 11.1 Å². The summed E-state index contributed by atoms with van der Waals surface area (Å²) < 4.78 is 0. The first kappa shape index (κ1) is 13.6. The number of hydrogen-bond acceptors (Lipinski definition) is 3. The van der Waals surface area contributed by atoms with Gasteiger partial charge in [0.1, 0.15) is 0 Å². The maximum absolute atomic E-state index is 12.2. The van der Waals surface area contributed by atoms with Crippen molar-refractivity contribution in [2.45, 2.75) is 57.5 Å². The van der Waals surface area contributed by atoms with E-state index >= 15 is 0 Å². The molecule has 0 saturated heterocycles. The summed E-state index contributed by atoms with van der Waals surface area (Å²) in [6.45, 7) is 2.76. The maximum atomic E-state index is 12.2. The van der Waals surface area contributed by atoms with Crippen molar-refractivity contribution in [3.05, 3.63) is 21.9 Å². The average Bonchev–Trinajstić information content (AvgIpc) is 2.84. The Bertz CT molecular complexity index is 408. The highest BCUT2D eigenvalue weighted by Gasteiger charge is 2.34. The van der Waals surface area contributed by atoms with Gasteiger partial charge in [-0.15, -0.1) is 11.3 Å². The molecule has 2 rings (SSSR count). The van der Waals surface area contributed by atoms with Gasteiger partial charge in [0.2, 0.25) is 5.91 Å². The van der Waals surface area contributed by atoms with E-state index < -0.39 is 5.54 Å². The molecule has 0 atom stereocenters. The van der Waals surface area contributed by atoms with Gasteiger partial charge in [0.25, 0.3) is 0 Å². The molecule has 0 aliphatic heterocycles. The third kappa shape index (κ3) is 2.93. The van der Waals surface area contributed by atoms with E-state index in [-0.39, 0.29) is 5.91 Å². The second-order valence-electron chi connectivity index (χ2n) is 5.12. The average molecular weight is 266 g/mol. The van der Waals surface area contributed by atoms with Gasteiger partial charge in [0.05, 0.1) is 12.1 Å². The molecule has 1 fully saturated rings. The Morgan fingerprint density at radius 3 is 2.83 bits per heavy atom. The Morgan fingerprint density at radius 2 is 2.17 bits per heavy atom. The molecule has 0 radical (unpaired) electrons. The number of rotatable bonds is 4. The van der Waals surface area contributed by atoms with Crippen LogP contribution < -0.4 is 11.1 Å². The number of nitrogens with one attached hydrogen (secondary N) is 1. The second-order valence-corrected chi connectivity index (χ2v) is 6.12. The van der Waals surface area contributed by atoms with Crippen LogP contribution in [0, 0.1) is 0 Å². The molecule has 1 aliphatic rings. The van der Waals surface area contributed by atoms with Gasteiger partial charge in [-0.25, -0.2) is 0 Å². The van der Waals surface area contributed by atoms with Crippen molar-refractivity contribution in [2.24, 2.45) is 5.73 Å².